The van der Waals surface area contributed by atoms with E-state index in [0.717, 1.165) is 44.6 Å². The molecule has 0 amide bonds. The molecule has 0 unspecified atom stereocenters. The van der Waals surface area contributed by atoms with Crippen LogP contribution < -0.4 is 22.1 Å². The second-order valence-electron chi connectivity index (χ2n) is 6.19. The third-order valence-electron chi connectivity index (χ3n) is 4.14. The molecule has 0 heterocycles. The zero-order chi connectivity index (χ0) is 17.9. The molecule has 2 rings (SSSR count). The van der Waals surface area contributed by atoms with Gasteiger partial charge in [-0.2, -0.15) is 0 Å². The van der Waals surface area contributed by atoms with Crippen LogP contribution in [0, 0.1) is 5.41 Å². The molecule has 0 aliphatic heterocycles. The topological polar surface area (TPSA) is 100.0 Å². The predicted octanol–water partition coefficient (Wildman–Crippen LogP) is 2.09. The lowest BCUT2D eigenvalue weighted by Gasteiger charge is -2.07. The standard InChI is InChI=1S/C20H29N5/c21-13-16-3-5-17(6-4-16)14-24-11-1-2-12-25-15-18-7-9-19(10-8-18)20(22)23/h3-10,24-25H,1-2,11-15,21H2,(H3,22,23). The summed E-state index contributed by atoms with van der Waals surface area (Å²) in [5.41, 5.74) is 15.5. The number of hydrogen-bond acceptors (Lipinski definition) is 4. The van der Waals surface area contributed by atoms with Crippen molar-refractivity contribution in [2.45, 2.75) is 32.5 Å². The van der Waals surface area contributed by atoms with E-state index in [2.05, 4.69) is 34.9 Å². The Bertz CT molecular complexity index is 634. The first-order chi connectivity index (χ1) is 12.2. The summed E-state index contributed by atoms with van der Waals surface area (Å²) in [4.78, 5) is 0. The molecule has 0 aliphatic rings. The highest BCUT2D eigenvalue weighted by Gasteiger charge is 1.97. The number of nitrogens with two attached hydrogens (primary N) is 2. The molecule has 2 aromatic rings. The number of nitrogens with one attached hydrogen (secondary N) is 3. The number of rotatable bonds is 11. The van der Waals surface area contributed by atoms with Gasteiger partial charge in [0.15, 0.2) is 0 Å². The van der Waals surface area contributed by atoms with Crippen molar-refractivity contribution < 1.29 is 0 Å². The van der Waals surface area contributed by atoms with Gasteiger partial charge < -0.3 is 22.1 Å². The molecular weight excluding hydrogens is 310 g/mol. The Labute approximate surface area is 150 Å². The molecule has 0 atom stereocenters. The Kier molecular flexibility index (Phi) is 8.12. The molecule has 25 heavy (non-hydrogen) atoms. The van der Waals surface area contributed by atoms with E-state index in [1.165, 1.54) is 16.7 Å². The van der Waals surface area contributed by atoms with Crippen molar-refractivity contribution in [2.75, 3.05) is 13.1 Å². The second kappa shape index (κ2) is 10.6. The van der Waals surface area contributed by atoms with Crippen LogP contribution in [0.25, 0.3) is 0 Å². The smallest absolute Gasteiger partial charge is 0.122 e. The van der Waals surface area contributed by atoms with Crippen molar-refractivity contribution >= 4 is 5.84 Å². The summed E-state index contributed by atoms with van der Waals surface area (Å²) in [6, 6.07) is 16.3. The summed E-state index contributed by atoms with van der Waals surface area (Å²) in [6.07, 6.45) is 2.29. The molecule has 0 saturated heterocycles. The fourth-order valence-corrected chi connectivity index (χ4v) is 2.56. The molecule has 0 saturated carbocycles. The van der Waals surface area contributed by atoms with E-state index < -0.39 is 0 Å². The van der Waals surface area contributed by atoms with Crippen LogP contribution in [0.15, 0.2) is 48.5 Å². The van der Waals surface area contributed by atoms with E-state index >= 15 is 0 Å². The lowest BCUT2D eigenvalue weighted by atomic mass is 10.1. The van der Waals surface area contributed by atoms with Gasteiger partial charge in [0.1, 0.15) is 5.84 Å². The molecule has 0 aliphatic carbocycles. The normalized spacial score (nSPS) is 10.8. The van der Waals surface area contributed by atoms with E-state index in [4.69, 9.17) is 16.9 Å². The molecule has 7 N–H and O–H groups in total. The van der Waals surface area contributed by atoms with E-state index in [0.29, 0.717) is 6.54 Å². The van der Waals surface area contributed by atoms with Gasteiger partial charge in [-0.25, -0.2) is 0 Å². The molecule has 0 spiro atoms. The molecule has 0 bridgehead atoms. The van der Waals surface area contributed by atoms with Crippen molar-refractivity contribution in [3.63, 3.8) is 0 Å². The molecule has 2 aromatic carbocycles. The Morgan fingerprint density at radius 1 is 0.760 bits per heavy atom. The summed E-state index contributed by atoms with van der Waals surface area (Å²) < 4.78 is 0. The molecule has 0 fully saturated rings. The molecule has 5 heteroatoms. The minimum Gasteiger partial charge on any atom is -0.384 e. The van der Waals surface area contributed by atoms with Crippen LogP contribution in [0.5, 0.6) is 0 Å². The first kappa shape index (κ1) is 19.1. The lowest BCUT2D eigenvalue weighted by molar-refractivity contribution is 0.582. The maximum absolute atomic E-state index is 7.38. The zero-order valence-electron chi connectivity index (χ0n) is 14.7. The number of hydrogen-bond donors (Lipinski definition) is 5. The Balaban J connectivity index is 1.51. The van der Waals surface area contributed by atoms with Crippen molar-refractivity contribution in [2.24, 2.45) is 11.5 Å². The average molecular weight is 339 g/mol. The van der Waals surface area contributed by atoms with Gasteiger partial charge in [-0.15, -0.1) is 0 Å². The van der Waals surface area contributed by atoms with E-state index in [9.17, 15) is 0 Å². The fourth-order valence-electron chi connectivity index (χ4n) is 2.56. The van der Waals surface area contributed by atoms with Gasteiger partial charge in [0, 0.05) is 25.2 Å². The van der Waals surface area contributed by atoms with Crippen LogP contribution in [0.3, 0.4) is 0 Å². The molecule has 0 radical (unpaired) electrons. The summed E-state index contributed by atoms with van der Waals surface area (Å²) in [6.45, 7) is 4.37. The summed E-state index contributed by atoms with van der Waals surface area (Å²) in [5, 5.41) is 14.3. The predicted molar refractivity (Wildman–Crippen MR) is 104 cm³/mol. The minimum absolute atomic E-state index is 0.113. The monoisotopic (exact) mass is 339 g/mol. The number of unbranched alkanes of at least 4 members (excludes halogenated alkanes) is 1. The van der Waals surface area contributed by atoms with Crippen LogP contribution in [0.4, 0.5) is 0 Å². The van der Waals surface area contributed by atoms with Gasteiger partial charge in [0.05, 0.1) is 0 Å². The Morgan fingerprint density at radius 2 is 1.20 bits per heavy atom. The maximum Gasteiger partial charge on any atom is 0.122 e. The Morgan fingerprint density at radius 3 is 1.64 bits per heavy atom. The molecule has 5 nitrogen and oxygen atoms in total. The van der Waals surface area contributed by atoms with Gasteiger partial charge in [-0.3, -0.25) is 5.41 Å². The van der Waals surface area contributed by atoms with E-state index in [1.54, 1.807) is 0 Å². The maximum atomic E-state index is 7.38. The minimum atomic E-state index is 0.113. The SMILES string of the molecule is N=C(N)c1ccc(CNCCCCNCc2ccc(CN)cc2)cc1. The van der Waals surface area contributed by atoms with E-state index in [-0.39, 0.29) is 5.84 Å². The van der Waals surface area contributed by atoms with Gasteiger partial charge in [-0.1, -0.05) is 48.5 Å². The number of benzene rings is 2. The highest BCUT2D eigenvalue weighted by Crippen LogP contribution is 2.04. The lowest BCUT2D eigenvalue weighted by Crippen LogP contribution is -2.19. The van der Waals surface area contributed by atoms with Crippen LogP contribution in [0.1, 0.15) is 35.1 Å². The van der Waals surface area contributed by atoms with Gasteiger partial charge in [0.2, 0.25) is 0 Å². The quantitative estimate of drug-likeness (QED) is 0.246. The highest BCUT2D eigenvalue weighted by molar-refractivity contribution is 5.94. The highest BCUT2D eigenvalue weighted by atomic mass is 14.9. The third-order valence-corrected chi connectivity index (χ3v) is 4.14. The average Bonchev–Trinajstić information content (AvgIpc) is 2.64. The van der Waals surface area contributed by atoms with Crippen molar-refractivity contribution in [1.82, 2.24) is 10.6 Å². The van der Waals surface area contributed by atoms with Crippen molar-refractivity contribution in [1.29, 1.82) is 5.41 Å². The Hall–Kier alpha value is -2.21. The number of nitrogen functional groups attached to an aromatic ring is 1. The largest absolute Gasteiger partial charge is 0.384 e. The van der Waals surface area contributed by atoms with E-state index in [1.807, 2.05) is 24.3 Å². The first-order valence-corrected chi connectivity index (χ1v) is 8.81. The van der Waals surface area contributed by atoms with Gasteiger partial charge in [-0.05, 0) is 42.6 Å². The van der Waals surface area contributed by atoms with Crippen molar-refractivity contribution in [3.05, 3.63) is 70.8 Å². The summed E-state index contributed by atoms with van der Waals surface area (Å²) in [7, 11) is 0. The molecule has 134 valence electrons. The third kappa shape index (κ3) is 7.05. The molecule has 0 aromatic heterocycles. The van der Waals surface area contributed by atoms with Crippen LogP contribution >= 0.6 is 0 Å². The van der Waals surface area contributed by atoms with Gasteiger partial charge in [0.25, 0.3) is 0 Å². The first-order valence-electron chi connectivity index (χ1n) is 8.81. The second-order valence-corrected chi connectivity index (χ2v) is 6.19. The van der Waals surface area contributed by atoms with Crippen LogP contribution in [0.2, 0.25) is 0 Å². The fraction of sp³-hybridized carbons (Fsp3) is 0.350. The van der Waals surface area contributed by atoms with Crippen LogP contribution in [-0.2, 0) is 19.6 Å². The zero-order valence-corrected chi connectivity index (χ0v) is 14.7. The molecular formula is C20H29N5. The summed E-state index contributed by atoms with van der Waals surface area (Å²) >= 11 is 0. The van der Waals surface area contributed by atoms with Gasteiger partial charge >= 0.3 is 0 Å². The summed E-state index contributed by atoms with van der Waals surface area (Å²) in [5.74, 6) is 0.113. The van der Waals surface area contributed by atoms with Crippen LogP contribution in [-0.4, -0.2) is 18.9 Å². The number of amidine groups is 1. The van der Waals surface area contributed by atoms with Crippen molar-refractivity contribution in [3.8, 4) is 0 Å².